The summed E-state index contributed by atoms with van der Waals surface area (Å²) in [5.74, 6) is 0.695. The van der Waals surface area contributed by atoms with E-state index in [2.05, 4.69) is 20.7 Å². The Labute approximate surface area is 96.1 Å². The lowest BCUT2D eigenvalue weighted by atomic mass is 10.2. The van der Waals surface area contributed by atoms with Gasteiger partial charge in [-0.2, -0.15) is 4.68 Å². The predicted molar refractivity (Wildman–Crippen MR) is 57.7 cm³/mol. The summed E-state index contributed by atoms with van der Waals surface area (Å²) < 4.78 is 1.31. The molecule has 0 radical (unpaired) electrons. The SMILES string of the molecule is Cc1nnnn1/C(=N\O)c1ccccc1Cl. The summed E-state index contributed by atoms with van der Waals surface area (Å²) in [6.07, 6.45) is 0. The van der Waals surface area contributed by atoms with Gasteiger partial charge < -0.3 is 5.21 Å². The second-order valence-corrected chi connectivity index (χ2v) is 3.45. The highest BCUT2D eigenvalue weighted by Crippen LogP contribution is 2.16. The summed E-state index contributed by atoms with van der Waals surface area (Å²) in [7, 11) is 0. The highest BCUT2D eigenvalue weighted by Gasteiger charge is 2.14. The lowest BCUT2D eigenvalue weighted by Crippen LogP contribution is -2.17. The topological polar surface area (TPSA) is 76.2 Å². The molecule has 0 unspecified atom stereocenters. The zero-order valence-corrected chi connectivity index (χ0v) is 9.13. The van der Waals surface area contributed by atoms with E-state index < -0.39 is 0 Å². The van der Waals surface area contributed by atoms with Crippen LogP contribution in [0.1, 0.15) is 11.4 Å². The van der Waals surface area contributed by atoms with Crippen molar-refractivity contribution >= 4 is 17.4 Å². The monoisotopic (exact) mass is 237 g/mol. The Morgan fingerprint density at radius 3 is 2.75 bits per heavy atom. The molecule has 2 aromatic rings. The average Bonchev–Trinajstić information content (AvgIpc) is 2.69. The summed E-state index contributed by atoms with van der Waals surface area (Å²) in [6.45, 7) is 1.70. The van der Waals surface area contributed by atoms with E-state index in [0.717, 1.165) is 0 Å². The third kappa shape index (κ3) is 1.74. The minimum Gasteiger partial charge on any atom is -0.409 e. The Hall–Kier alpha value is -1.95. The number of benzene rings is 1. The maximum atomic E-state index is 9.01. The van der Waals surface area contributed by atoms with Crippen LogP contribution in [-0.2, 0) is 0 Å². The maximum absolute atomic E-state index is 9.01. The Morgan fingerprint density at radius 1 is 1.44 bits per heavy atom. The molecule has 0 bridgehead atoms. The Balaban J connectivity index is 2.55. The van der Waals surface area contributed by atoms with Gasteiger partial charge in [0, 0.05) is 5.56 Å². The first-order valence-corrected chi connectivity index (χ1v) is 4.84. The molecule has 0 aliphatic heterocycles. The fourth-order valence-electron chi connectivity index (χ4n) is 1.28. The van der Waals surface area contributed by atoms with Gasteiger partial charge in [0.1, 0.15) is 0 Å². The first kappa shape index (κ1) is 10.6. The molecule has 0 amide bonds. The van der Waals surface area contributed by atoms with E-state index in [9.17, 15) is 0 Å². The first-order valence-electron chi connectivity index (χ1n) is 4.46. The van der Waals surface area contributed by atoms with Crippen LogP contribution in [0.2, 0.25) is 5.02 Å². The van der Waals surface area contributed by atoms with E-state index in [4.69, 9.17) is 16.8 Å². The van der Waals surface area contributed by atoms with Crippen molar-refractivity contribution in [3.8, 4) is 0 Å². The standard InChI is InChI=1S/C9H8ClN5O/c1-6-11-13-14-15(6)9(12-16)7-4-2-3-5-8(7)10/h2-5,16H,1H3/b12-9-. The van der Waals surface area contributed by atoms with Gasteiger partial charge in [-0.15, -0.1) is 5.10 Å². The number of aryl methyl sites for hydroxylation is 1. The molecule has 1 heterocycles. The van der Waals surface area contributed by atoms with Crippen molar-refractivity contribution in [2.45, 2.75) is 6.92 Å². The highest BCUT2D eigenvalue weighted by molar-refractivity contribution is 6.34. The Morgan fingerprint density at radius 2 is 2.19 bits per heavy atom. The van der Waals surface area contributed by atoms with Gasteiger partial charge in [0.2, 0.25) is 5.84 Å². The van der Waals surface area contributed by atoms with E-state index in [1.165, 1.54) is 4.68 Å². The van der Waals surface area contributed by atoms with Gasteiger partial charge in [0.25, 0.3) is 0 Å². The number of nitrogens with zero attached hydrogens (tertiary/aromatic N) is 5. The number of oxime groups is 1. The summed E-state index contributed by atoms with van der Waals surface area (Å²) in [4.78, 5) is 0. The van der Waals surface area contributed by atoms with Gasteiger partial charge in [-0.25, -0.2) is 0 Å². The molecule has 0 aliphatic carbocycles. The van der Waals surface area contributed by atoms with Crippen LogP contribution in [0, 0.1) is 6.92 Å². The molecular formula is C9H8ClN5O. The Kier molecular flexibility index (Phi) is 2.82. The first-order chi connectivity index (χ1) is 7.74. The number of hydrogen-bond donors (Lipinski definition) is 1. The quantitative estimate of drug-likeness (QED) is 0.351. The molecule has 6 nitrogen and oxygen atoms in total. The normalized spacial score (nSPS) is 11.8. The van der Waals surface area contributed by atoms with E-state index >= 15 is 0 Å². The molecule has 1 N–H and O–H groups in total. The van der Waals surface area contributed by atoms with Crippen molar-refractivity contribution in [3.63, 3.8) is 0 Å². The van der Waals surface area contributed by atoms with Gasteiger partial charge in [-0.3, -0.25) is 0 Å². The second-order valence-electron chi connectivity index (χ2n) is 3.04. The van der Waals surface area contributed by atoms with Crippen LogP contribution in [0.25, 0.3) is 0 Å². The fourth-order valence-corrected chi connectivity index (χ4v) is 1.50. The summed E-state index contributed by atoms with van der Waals surface area (Å²) in [6, 6.07) is 6.99. The second kappa shape index (κ2) is 4.28. The number of halogens is 1. The molecule has 0 aliphatic rings. The minimum absolute atomic E-state index is 0.188. The van der Waals surface area contributed by atoms with Crippen LogP contribution in [0.4, 0.5) is 0 Å². The van der Waals surface area contributed by atoms with Crippen LogP contribution in [-0.4, -0.2) is 31.3 Å². The third-order valence-electron chi connectivity index (χ3n) is 2.04. The molecule has 0 spiro atoms. The molecule has 1 aromatic carbocycles. The molecule has 16 heavy (non-hydrogen) atoms. The zero-order valence-electron chi connectivity index (χ0n) is 8.37. The van der Waals surface area contributed by atoms with Crippen molar-refractivity contribution in [2.75, 3.05) is 0 Å². The van der Waals surface area contributed by atoms with Crippen molar-refractivity contribution in [2.24, 2.45) is 5.16 Å². The summed E-state index contributed by atoms with van der Waals surface area (Å²) in [5, 5.41) is 23.5. The smallest absolute Gasteiger partial charge is 0.204 e. The molecule has 0 saturated carbocycles. The zero-order chi connectivity index (χ0) is 11.5. The van der Waals surface area contributed by atoms with Crippen LogP contribution in [0.15, 0.2) is 29.4 Å². The van der Waals surface area contributed by atoms with Crippen molar-refractivity contribution in [1.29, 1.82) is 0 Å². The van der Waals surface area contributed by atoms with Crippen LogP contribution in [0.3, 0.4) is 0 Å². The molecule has 1 aromatic heterocycles. The lowest BCUT2D eigenvalue weighted by Gasteiger charge is -2.05. The van der Waals surface area contributed by atoms with Crippen LogP contribution in [0.5, 0.6) is 0 Å². The van der Waals surface area contributed by atoms with Crippen molar-refractivity contribution < 1.29 is 5.21 Å². The largest absolute Gasteiger partial charge is 0.409 e. The molecule has 7 heteroatoms. The van der Waals surface area contributed by atoms with Gasteiger partial charge in [-0.05, 0) is 29.5 Å². The molecule has 0 fully saturated rings. The molecule has 82 valence electrons. The van der Waals surface area contributed by atoms with Crippen molar-refractivity contribution in [3.05, 3.63) is 40.7 Å². The van der Waals surface area contributed by atoms with Gasteiger partial charge in [0.15, 0.2) is 5.82 Å². The highest BCUT2D eigenvalue weighted by atomic mass is 35.5. The number of rotatable bonds is 1. The van der Waals surface area contributed by atoms with E-state index in [1.807, 2.05) is 0 Å². The number of hydrogen-bond acceptors (Lipinski definition) is 5. The lowest BCUT2D eigenvalue weighted by molar-refractivity contribution is 0.316. The van der Waals surface area contributed by atoms with E-state index in [0.29, 0.717) is 16.4 Å². The molecular weight excluding hydrogens is 230 g/mol. The minimum atomic E-state index is 0.188. The number of aromatic nitrogens is 4. The van der Waals surface area contributed by atoms with Gasteiger partial charge in [0.05, 0.1) is 5.02 Å². The van der Waals surface area contributed by atoms with E-state index in [-0.39, 0.29) is 5.84 Å². The van der Waals surface area contributed by atoms with Crippen LogP contribution < -0.4 is 0 Å². The third-order valence-corrected chi connectivity index (χ3v) is 2.37. The fraction of sp³-hybridized carbons (Fsp3) is 0.111. The maximum Gasteiger partial charge on any atom is 0.204 e. The summed E-state index contributed by atoms with van der Waals surface area (Å²) in [5.41, 5.74) is 0.557. The molecule has 0 saturated heterocycles. The number of tetrazole rings is 1. The molecule has 2 rings (SSSR count). The van der Waals surface area contributed by atoms with E-state index in [1.54, 1.807) is 31.2 Å². The van der Waals surface area contributed by atoms with Gasteiger partial charge >= 0.3 is 0 Å². The average molecular weight is 238 g/mol. The molecule has 0 atom stereocenters. The predicted octanol–water partition coefficient (Wildman–Crippen LogP) is 1.32. The Bertz CT molecular complexity index is 536. The van der Waals surface area contributed by atoms with Crippen LogP contribution >= 0.6 is 11.6 Å². The van der Waals surface area contributed by atoms with Crippen molar-refractivity contribution in [1.82, 2.24) is 20.2 Å². The van der Waals surface area contributed by atoms with Gasteiger partial charge in [-0.1, -0.05) is 28.9 Å². The summed E-state index contributed by atoms with van der Waals surface area (Å²) >= 11 is 5.99.